The normalized spacial score (nSPS) is 22.4. The van der Waals surface area contributed by atoms with Crippen LogP contribution in [0.4, 0.5) is 5.69 Å². The third-order valence-corrected chi connectivity index (χ3v) is 8.19. The van der Waals surface area contributed by atoms with Crippen LogP contribution in [0.15, 0.2) is 34.9 Å². The molecule has 1 aromatic carbocycles. The van der Waals surface area contributed by atoms with Crippen LogP contribution in [-0.4, -0.2) is 52.0 Å². The molecule has 194 valence electrons. The molecule has 0 saturated heterocycles. The number of carboxylic acid groups (broad SMARTS) is 1. The number of carbonyl (C=O) groups is 1. The Hall–Kier alpha value is -2.52. The molecule has 3 unspecified atom stereocenters. The molecule has 2 aliphatic rings. The van der Waals surface area contributed by atoms with Crippen LogP contribution in [0.1, 0.15) is 51.2 Å². The molecule has 0 radical (unpaired) electrons. The molecule has 0 bridgehead atoms. The molecular formula is C26H37NO7S. The summed E-state index contributed by atoms with van der Waals surface area (Å²) in [4.78, 5) is 11.4. The number of ether oxygens (including phenoxy) is 3. The second kappa shape index (κ2) is 11.0. The molecule has 1 aliphatic heterocycles. The topological polar surface area (TPSA) is 102 Å². The summed E-state index contributed by atoms with van der Waals surface area (Å²) in [6.07, 6.45) is 4.23. The zero-order chi connectivity index (χ0) is 25.9. The summed E-state index contributed by atoms with van der Waals surface area (Å²) in [5, 5.41) is 9.30. The Morgan fingerprint density at radius 2 is 1.89 bits per heavy atom. The van der Waals surface area contributed by atoms with E-state index >= 15 is 0 Å². The average Bonchev–Trinajstić information content (AvgIpc) is 3.25. The van der Waals surface area contributed by atoms with E-state index < -0.39 is 16.0 Å². The predicted octanol–water partition coefficient (Wildman–Crippen LogP) is 4.56. The van der Waals surface area contributed by atoms with Crippen LogP contribution in [0, 0.1) is 25.7 Å². The molecule has 0 amide bonds. The summed E-state index contributed by atoms with van der Waals surface area (Å²) in [5.41, 5.74) is 2.74. The number of hydrogen-bond acceptors (Lipinski definition) is 6. The van der Waals surface area contributed by atoms with Crippen LogP contribution in [0.3, 0.4) is 0 Å². The monoisotopic (exact) mass is 507 g/mol. The molecule has 0 spiro atoms. The van der Waals surface area contributed by atoms with Crippen molar-refractivity contribution in [1.29, 1.82) is 0 Å². The van der Waals surface area contributed by atoms with Gasteiger partial charge in [0, 0.05) is 38.0 Å². The van der Waals surface area contributed by atoms with Gasteiger partial charge in [0.25, 0.3) is 10.0 Å². The van der Waals surface area contributed by atoms with Crippen molar-refractivity contribution < 1.29 is 32.5 Å². The van der Waals surface area contributed by atoms with Gasteiger partial charge in [0.2, 0.25) is 5.09 Å². The van der Waals surface area contributed by atoms with Gasteiger partial charge < -0.3 is 19.3 Å². The smallest absolute Gasteiger partial charge is 0.331 e. The van der Waals surface area contributed by atoms with Gasteiger partial charge in [-0.2, -0.15) is 8.42 Å². The summed E-state index contributed by atoms with van der Waals surface area (Å²) < 4.78 is 46.2. The largest absolute Gasteiger partial charge is 0.491 e. The SMILES string of the molecule is COC1CC(C(=O)O)=CCC1COc1cc(C)c(C)cc1N(CC(C)C)S(=O)(=O)C1=CCC(C)O1. The third-order valence-electron chi connectivity index (χ3n) is 6.50. The number of aliphatic carboxylic acids is 1. The molecule has 0 aromatic heterocycles. The minimum atomic E-state index is -3.92. The van der Waals surface area contributed by atoms with Crippen molar-refractivity contribution >= 4 is 21.7 Å². The van der Waals surface area contributed by atoms with Gasteiger partial charge >= 0.3 is 5.97 Å². The van der Waals surface area contributed by atoms with E-state index in [1.54, 1.807) is 19.3 Å². The van der Waals surface area contributed by atoms with Gasteiger partial charge in [0.05, 0.1) is 18.4 Å². The van der Waals surface area contributed by atoms with Gasteiger partial charge in [0.15, 0.2) is 0 Å². The summed E-state index contributed by atoms with van der Waals surface area (Å²) >= 11 is 0. The second-order valence-corrected chi connectivity index (χ2v) is 11.6. The Bertz CT molecular complexity index is 1110. The molecule has 3 atom stereocenters. The highest BCUT2D eigenvalue weighted by Gasteiger charge is 2.35. The average molecular weight is 508 g/mol. The van der Waals surface area contributed by atoms with Crippen LogP contribution in [0.5, 0.6) is 5.75 Å². The molecule has 1 aromatic rings. The Labute approximate surface area is 208 Å². The molecule has 9 heteroatoms. The lowest BCUT2D eigenvalue weighted by molar-refractivity contribution is -0.133. The molecule has 0 saturated carbocycles. The third kappa shape index (κ3) is 6.19. The first-order chi connectivity index (χ1) is 16.4. The highest BCUT2D eigenvalue weighted by molar-refractivity contribution is 7.96. The molecule has 1 aliphatic carbocycles. The van der Waals surface area contributed by atoms with Crippen LogP contribution in [0.2, 0.25) is 0 Å². The first-order valence-corrected chi connectivity index (χ1v) is 13.5. The van der Waals surface area contributed by atoms with Crippen molar-refractivity contribution in [2.75, 3.05) is 24.6 Å². The molecule has 35 heavy (non-hydrogen) atoms. The molecule has 1 N–H and O–H groups in total. The first kappa shape index (κ1) is 27.1. The van der Waals surface area contributed by atoms with Crippen molar-refractivity contribution in [3.05, 3.63) is 46.1 Å². The lowest BCUT2D eigenvalue weighted by Gasteiger charge is -2.31. The molecule has 8 nitrogen and oxygen atoms in total. The Morgan fingerprint density at radius 3 is 2.46 bits per heavy atom. The maximum absolute atomic E-state index is 13.7. The van der Waals surface area contributed by atoms with E-state index in [0.717, 1.165) is 11.1 Å². The number of methoxy groups -OCH3 is 1. The number of allylic oxidation sites excluding steroid dienone is 1. The fourth-order valence-corrected chi connectivity index (χ4v) is 6.01. The summed E-state index contributed by atoms with van der Waals surface area (Å²) in [6, 6.07) is 3.71. The van der Waals surface area contributed by atoms with Crippen LogP contribution in [0.25, 0.3) is 0 Å². The number of carboxylic acids is 1. The minimum absolute atomic E-state index is 0.0205. The number of benzene rings is 1. The van der Waals surface area contributed by atoms with Gasteiger partial charge in [0.1, 0.15) is 11.9 Å². The minimum Gasteiger partial charge on any atom is -0.491 e. The highest BCUT2D eigenvalue weighted by Crippen LogP contribution is 2.38. The number of rotatable bonds is 10. The summed E-state index contributed by atoms with van der Waals surface area (Å²) in [6.45, 7) is 10.2. The van der Waals surface area contributed by atoms with Gasteiger partial charge in [-0.1, -0.05) is 19.9 Å². The maximum atomic E-state index is 13.7. The van der Waals surface area contributed by atoms with E-state index in [2.05, 4.69) is 0 Å². The van der Waals surface area contributed by atoms with Gasteiger partial charge in [-0.15, -0.1) is 0 Å². The van der Waals surface area contributed by atoms with Crippen molar-refractivity contribution in [2.45, 2.75) is 66.1 Å². The second-order valence-electron chi connectivity index (χ2n) is 9.84. The number of sulfonamides is 1. The zero-order valence-corrected chi connectivity index (χ0v) is 22.2. The first-order valence-electron chi connectivity index (χ1n) is 12.0. The number of nitrogens with zero attached hydrogens (tertiary/aromatic N) is 1. The Morgan fingerprint density at radius 1 is 1.20 bits per heavy atom. The number of anilines is 1. The van der Waals surface area contributed by atoms with Crippen molar-refractivity contribution in [3.8, 4) is 5.75 Å². The lowest BCUT2D eigenvalue weighted by Crippen LogP contribution is -2.36. The molecule has 1 heterocycles. The van der Waals surface area contributed by atoms with E-state index in [1.807, 2.05) is 46.8 Å². The lowest BCUT2D eigenvalue weighted by atomic mass is 9.87. The van der Waals surface area contributed by atoms with E-state index in [0.29, 0.717) is 36.3 Å². The number of aryl methyl sites for hydroxylation is 2. The van der Waals surface area contributed by atoms with E-state index in [4.69, 9.17) is 14.2 Å². The van der Waals surface area contributed by atoms with Crippen LogP contribution < -0.4 is 9.04 Å². The van der Waals surface area contributed by atoms with Gasteiger partial charge in [-0.25, -0.2) is 4.79 Å². The summed E-state index contributed by atoms with van der Waals surface area (Å²) in [5.74, 6) is -0.467. The van der Waals surface area contributed by atoms with Crippen LogP contribution in [-0.2, 0) is 24.3 Å². The highest BCUT2D eigenvalue weighted by atomic mass is 32.2. The van der Waals surface area contributed by atoms with Gasteiger partial charge in [-0.05, 0) is 62.4 Å². The van der Waals surface area contributed by atoms with Crippen LogP contribution >= 0.6 is 0 Å². The molecule has 3 rings (SSSR count). The van der Waals surface area contributed by atoms with Crippen molar-refractivity contribution in [3.63, 3.8) is 0 Å². The van der Waals surface area contributed by atoms with E-state index in [-0.39, 0.29) is 42.3 Å². The molecular weight excluding hydrogens is 470 g/mol. The zero-order valence-electron chi connectivity index (χ0n) is 21.4. The number of hydrogen-bond donors (Lipinski definition) is 1. The van der Waals surface area contributed by atoms with Gasteiger partial charge in [-0.3, -0.25) is 4.31 Å². The van der Waals surface area contributed by atoms with Crippen molar-refractivity contribution in [2.24, 2.45) is 11.8 Å². The quantitative estimate of drug-likeness (QED) is 0.495. The molecule has 0 fully saturated rings. The van der Waals surface area contributed by atoms with E-state index in [9.17, 15) is 18.3 Å². The maximum Gasteiger partial charge on any atom is 0.331 e. The standard InChI is InChI=1S/C26H37NO7S/c1-16(2)14-27(35(30,31)25-10-7-19(5)34-25)22-11-17(3)18(4)12-24(22)33-15-21-9-8-20(26(28)29)13-23(21)32-6/h8,10-12,16,19,21,23H,7,9,13-15H2,1-6H3,(H,28,29). The Balaban J connectivity index is 1.95. The summed E-state index contributed by atoms with van der Waals surface area (Å²) in [7, 11) is -2.35. The van der Waals surface area contributed by atoms with Crippen molar-refractivity contribution in [1.82, 2.24) is 0 Å². The fourth-order valence-electron chi connectivity index (χ4n) is 4.31. The Kier molecular flexibility index (Phi) is 8.54. The predicted molar refractivity (Wildman–Crippen MR) is 135 cm³/mol. The fraction of sp³-hybridized carbons (Fsp3) is 0.577. The van der Waals surface area contributed by atoms with E-state index in [1.165, 1.54) is 4.31 Å².